The molecule has 0 amide bonds. The SMILES string of the molecule is Nc1ccc(Oc2ccc(N)c(Br)c2Br)cc1. The summed E-state index contributed by atoms with van der Waals surface area (Å²) in [5, 5.41) is 0. The highest BCUT2D eigenvalue weighted by molar-refractivity contribution is 9.13. The van der Waals surface area contributed by atoms with Crippen molar-refractivity contribution in [2.45, 2.75) is 0 Å². The predicted molar refractivity (Wildman–Crippen MR) is 77.2 cm³/mol. The molecular weight excluding hydrogens is 348 g/mol. The van der Waals surface area contributed by atoms with E-state index in [4.69, 9.17) is 16.2 Å². The van der Waals surface area contributed by atoms with Crippen molar-refractivity contribution in [3.63, 3.8) is 0 Å². The van der Waals surface area contributed by atoms with Crippen LogP contribution in [0.3, 0.4) is 0 Å². The Morgan fingerprint density at radius 1 is 0.824 bits per heavy atom. The van der Waals surface area contributed by atoms with E-state index < -0.39 is 0 Å². The molecule has 0 radical (unpaired) electrons. The Morgan fingerprint density at radius 3 is 2.12 bits per heavy atom. The molecule has 0 aliphatic heterocycles. The number of nitrogen functional groups attached to an aromatic ring is 2. The maximum Gasteiger partial charge on any atom is 0.142 e. The van der Waals surface area contributed by atoms with Crippen LogP contribution in [0.15, 0.2) is 45.3 Å². The van der Waals surface area contributed by atoms with Crippen LogP contribution in [0.1, 0.15) is 0 Å². The van der Waals surface area contributed by atoms with E-state index in [1.54, 1.807) is 24.3 Å². The minimum Gasteiger partial charge on any atom is -0.456 e. The summed E-state index contributed by atoms with van der Waals surface area (Å²) in [6.45, 7) is 0. The van der Waals surface area contributed by atoms with Gasteiger partial charge >= 0.3 is 0 Å². The van der Waals surface area contributed by atoms with E-state index in [9.17, 15) is 0 Å². The molecule has 0 aromatic heterocycles. The molecule has 0 aliphatic rings. The molecule has 4 N–H and O–H groups in total. The lowest BCUT2D eigenvalue weighted by Crippen LogP contribution is -1.91. The Balaban J connectivity index is 2.30. The van der Waals surface area contributed by atoms with Gasteiger partial charge in [0.05, 0.1) is 8.95 Å². The van der Waals surface area contributed by atoms with E-state index in [1.165, 1.54) is 0 Å². The van der Waals surface area contributed by atoms with E-state index in [0.29, 0.717) is 17.1 Å². The predicted octanol–water partition coefficient (Wildman–Crippen LogP) is 4.17. The van der Waals surface area contributed by atoms with E-state index in [1.807, 2.05) is 12.1 Å². The Kier molecular flexibility index (Phi) is 3.59. The van der Waals surface area contributed by atoms with Crippen molar-refractivity contribution in [3.05, 3.63) is 45.3 Å². The van der Waals surface area contributed by atoms with Crippen molar-refractivity contribution in [3.8, 4) is 11.5 Å². The average Bonchev–Trinajstić information content (AvgIpc) is 2.33. The molecule has 0 saturated heterocycles. The van der Waals surface area contributed by atoms with Crippen LogP contribution in [0.25, 0.3) is 0 Å². The third-order valence-corrected chi connectivity index (χ3v) is 4.36. The highest BCUT2D eigenvalue weighted by atomic mass is 79.9. The maximum absolute atomic E-state index is 5.75. The number of ether oxygens (including phenoxy) is 1. The Hall–Kier alpha value is -1.20. The first-order valence-electron chi connectivity index (χ1n) is 4.85. The van der Waals surface area contributed by atoms with Gasteiger partial charge in [0.15, 0.2) is 0 Å². The zero-order valence-electron chi connectivity index (χ0n) is 8.78. The third-order valence-electron chi connectivity index (χ3n) is 2.18. The number of nitrogens with two attached hydrogens (primary N) is 2. The molecule has 2 aromatic carbocycles. The molecule has 0 saturated carbocycles. The van der Waals surface area contributed by atoms with Crippen LogP contribution < -0.4 is 16.2 Å². The highest BCUT2D eigenvalue weighted by Gasteiger charge is 2.08. The summed E-state index contributed by atoms with van der Waals surface area (Å²) < 4.78 is 7.28. The molecule has 0 heterocycles. The van der Waals surface area contributed by atoms with E-state index in [-0.39, 0.29) is 0 Å². The summed E-state index contributed by atoms with van der Waals surface area (Å²) in [6.07, 6.45) is 0. The number of halogens is 2. The minimum atomic E-state index is 0.654. The Labute approximate surface area is 116 Å². The summed E-state index contributed by atoms with van der Waals surface area (Å²) in [5.74, 6) is 1.41. The van der Waals surface area contributed by atoms with Crippen molar-refractivity contribution in [1.29, 1.82) is 0 Å². The quantitative estimate of drug-likeness (QED) is 0.793. The fourth-order valence-electron chi connectivity index (χ4n) is 1.29. The standard InChI is InChI=1S/C12H10Br2N2O/c13-11-9(16)5-6-10(12(11)14)17-8-3-1-7(15)2-4-8/h1-6H,15-16H2. The van der Waals surface area contributed by atoms with Gasteiger partial charge in [-0.15, -0.1) is 0 Å². The number of hydrogen-bond acceptors (Lipinski definition) is 3. The largest absolute Gasteiger partial charge is 0.456 e. The van der Waals surface area contributed by atoms with Gasteiger partial charge in [0.25, 0.3) is 0 Å². The van der Waals surface area contributed by atoms with Crippen LogP contribution in [0.5, 0.6) is 11.5 Å². The summed E-state index contributed by atoms with van der Waals surface area (Å²) in [6, 6.07) is 10.8. The summed E-state index contributed by atoms with van der Waals surface area (Å²) >= 11 is 6.81. The molecular formula is C12H10Br2N2O. The molecule has 3 nitrogen and oxygen atoms in total. The fourth-order valence-corrected chi connectivity index (χ4v) is 2.06. The lowest BCUT2D eigenvalue weighted by Gasteiger charge is -2.10. The van der Waals surface area contributed by atoms with E-state index in [2.05, 4.69) is 31.9 Å². The van der Waals surface area contributed by atoms with Gasteiger partial charge in [-0.05, 0) is 68.3 Å². The van der Waals surface area contributed by atoms with Crippen molar-refractivity contribution < 1.29 is 4.74 Å². The lowest BCUT2D eigenvalue weighted by molar-refractivity contribution is 0.479. The van der Waals surface area contributed by atoms with Crippen LogP contribution in [-0.2, 0) is 0 Å². The summed E-state index contributed by atoms with van der Waals surface area (Å²) in [4.78, 5) is 0. The molecule has 0 spiro atoms. The molecule has 0 bridgehead atoms. The topological polar surface area (TPSA) is 61.3 Å². The van der Waals surface area contributed by atoms with Gasteiger partial charge < -0.3 is 16.2 Å². The van der Waals surface area contributed by atoms with Gasteiger partial charge in [-0.2, -0.15) is 0 Å². The molecule has 5 heteroatoms. The smallest absolute Gasteiger partial charge is 0.142 e. The number of hydrogen-bond donors (Lipinski definition) is 2. The van der Waals surface area contributed by atoms with Crippen LogP contribution in [0.2, 0.25) is 0 Å². The molecule has 0 atom stereocenters. The monoisotopic (exact) mass is 356 g/mol. The van der Waals surface area contributed by atoms with E-state index >= 15 is 0 Å². The number of benzene rings is 2. The second kappa shape index (κ2) is 4.98. The van der Waals surface area contributed by atoms with Gasteiger partial charge in [-0.1, -0.05) is 0 Å². The second-order valence-corrected chi connectivity index (χ2v) is 5.04. The molecule has 2 rings (SSSR count). The summed E-state index contributed by atoms with van der Waals surface area (Å²) in [5.41, 5.74) is 12.7. The number of anilines is 2. The van der Waals surface area contributed by atoms with Gasteiger partial charge in [0, 0.05) is 11.4 Å². The lowest BCUT2D eigenvalue weighted by atomic mass is 10.3. The number of rotatable bonds is 2. The zero-order valence-corrected chi connectivity index (χ0v) is 12.0. The van der Waals surface area contributed by atoms with Crippen LogP contribution in [0, 0.1) is 0 Å². The van der Waals surface area contributed by atoms with Crippen molar-refractivity contribution >= 4 is 43.2 Å². The van der Waals surface area contributed by atoms with E-state index in [0.717, 1.165) is 14.7 Å². The first kappa shape index (κ1) is 12.3. The molecule has 88 valence electrons. The molecule has 0 fully saturated rings. The molecule has 0 unspecified atom stereocenters. The first-order chi connectivity index (χ1) is 8.08. The minimum absolute atomic E-state index is 0.654. The fraction of sp³-hybridized carbons (Fsp3) is 0. The average molecular weight is 358 g/mol. The van der Waals surface area contributed by atoms with Gasteiger partial charge in [0.1, 0.15) is 11.5 Å². The summed E-state index contributed by atoms with van der Waals surface area (Å²) in [7, 11) is 0. The molecule has 0 aliphatic carbocycles. The van der Waals surface area contributed by atoms with Crippen molar-refractivity contribution in [2.24, 2.45) is 0 Å². The normalized spacial score (nSPS) is 10.2. The van der Waals surface area contributed by atoms with Gasteiger partial charge in [0.2, 0.25) is 0 Å². The van der Waals surface area contributed by atoms with Crippen molar-refractivity contribution in [2.75, 3.05) is 11.5 Å². The van der Waals surface area contributed by atoms with Crippen LogP contribution in [0.4, 0.5) is 11.4 Å². The first-order valence-corrected chi connectivity index (χ1v) is 6.43. The molecule has 2 aromatic rings. The second-order valence-electron chi connectivity index (χ2n) is 3.45. The maximum atomic E-state index is 5.75. The van der Waals surface area contributed by atoms with Gasteiger partial charge in [-0.3, -0.25) is 0 Å². The third kappa shape index (κ3) is 2.73. The molecule has 17 heavy (non-hydrogen) atoms. The zero-order chi connectivity index (χ0) is 12.4. The van der Waals surface area contributed by atoms with Gasteiger partial charge in [-0.25, -0.2) is 0 Å². The highest BCUT2D eigenvalue weighted by Crippen LogP contribution is 2.38. The van der Waals surface area contributed by atoms with Crippen LogP contribution in [-0.4, -0.2) is 0 Å². The Morgan fingerprint density at radius 2 is 1.47 bits per heavy atom. The Bertz CT molecular complexity index is 541. The van der Waals surface area contributed by atoms with Crippen molar-refractivity contribution in [1.82, 2.24) is 0 Å². The van der Waals surface area contributed by atoms with Crippen LogP contribution >= 0.6 is 31.9 Å².